The molecule has 2 aromatic rings. The maximum Gasteiger partial charge on any atom is 0.170 e. The molecule has 2 N–H and O–H groups in total. The van der Waals surface area contributed by atoms with E-state index in [1.807, 2.05) is 19.1 Å². The Morgan fingerprint density at radius 1 is 1.44 bits per heavy atom. The Hall–Kier alpha value is -1.33. The average Bonchev–Trinajstić information content (AvgIpc) is 2.82. The molecule has 0 aromatic carbocycles. The van der Waals surface area contributed by atoms with Crippen LogP contribution in [0.1, 0.15) is 25.1 Å². The maximum atomic E-state index is 9.59. The number of nitrogens with one attached hydrogen (secondary N) is 1. The lowest BCUT2D eigenvalue weighted by molar-refractivity contribution is 0.169. The van der Waals surface area contributed by atoms with E-state index < -0.39 is 6.10 Å². The molecule has 1 atom stereocenters. The fourth-order valence-corrected chi connectivity index (χ4v) is 1.98. The Morgan fingerprint density at radius 2 is 2.31 bits per heavy atom. The Balaban J connectivity index is 2.07. The zero-order valence-corrected chi connectivity index (χ0v) is 9.74. The van der Waals surface area contributed by atoms with Crippen LogP contribution in [-0.4, -0.2) is 20.1 Å². The van der Waals surface area contributed by atoms with Crippen LogP contribution < -0.4 is 0 Å². The summed E-state index contributed by atoms with van der Waals surface area (Å²) < 4.78 is 0. The quantitative estimate of drug-likeness (QED) is 0.854. The SMILES string of the molecule is CC[C@H](O)c1ccc(Sc2ncc[nH]2)cn1. The number of aromatic nitrogens is 3. The van der Waals surface area contributed by atoms with Gasteiger partial charge in [-0.1, -0.05) is 18.7 Å². The molecule has 0 unspecified atom stereocenters. The van der Waals surface area contributed by atoms with Crippen LogP contribution in [0.2, 0.25) is 0 Å². The highest BCUT2D eigenvalue weighted by Crippen LogP contribution is 2.24. The van der Waals surface area contributed by atoms with Gasteiger partial charge in [0.15, 0.2) is 5.16 Å². The first-order valence-corrected chi connectivity index (χ1v) is 5.92. The molecule has 4 nitrogen and oxygen atoms in total. The summed E-state index contributed by atoms with van der Waals surface area (Å²) in [6.45, 7) is 1.93. The van der Waals surface area contributed by atoms with Crippen LogP contribution in [0.25, 0.3) is 0 Å². The van der Waals surface area contributed by atoms with Gasteiger partial charge < -0.3 is 10.1 Å². The normalized spacial score (nSPS) is 12.6. The predicted molar refractivity (Wildman–Crippen MR) is 62.2 cm³/mol. The third-order valence-corrected chi connectivity index (χ3v) is 3.07. The number of aliphatic hydroxyl groups excluding tert-OH is 1. The molecule has 0 saturated heterocycles. The van der Waals surface area contributed by atoms with Gasteiger partial charge in [-0.2, -0.15) is 0 Å². The highest BCUT2D eigenvalue weighted by Gasteiger charge is 2.06. The fourth-order valence-electron chi connectivity index (χ4n) is 1.28. The lowest BCUT2D eigenvalue weighted by atomic mass is 10.2. The van der Waals surface area contributed by atoms with Gasteiger partial charge in [-0.3, -0.25) is 4.98 Å². The van der Waals surface area contributed by atoms with Crippen molar-refractivity contribution in [3.8, 4) is 0 Å². The minimum atomic E-state index is -0.470. The first-order valence-electron chi connectivity index (χ1n) is 5.11. The molecular formula is C11H13N3OS. The number of nitrogens with zero attached hydrogens (tertiary/aromatic N) is 2. The number of hydrogen-bond donors (Lipinski definition) is 2. The van der Waals surface area contributed by atoms with Crippen molar-refractivity contribution in [2.45, 2.75) is 29.5 Å². The van der Waals surface area contributed by atoms with Gasteiger partial charge in [-0.25, -0.2) is 4.98 Å². The summed E-state index contributed by atoms with van der Waals surface area (Å²) in [6.07, 6.45) is 5.46. The van der Waals surface area contributed by atoms with Crippen molar-refractivity contribution in [1.29, 1.82) is 0 Å². The molecule has 0 fully saturated rings. The molecule has 0 saturated carbocycles. The van der Waals surface area contributed by atoms with Crippen molar-refractivity contribution in [2.75, 3.05) is 0 Å². The standard InChI is InChI=1S/C11H13N3OS/c1-2-10(15)9-4-3-8(7-14-9)16-11-12-5-6-13-11/h3-7,10,15H,2H2,1H3,(H,12,13)/t10-/m0/s1. The van der Waals surface area contributed by atoms with E-state index in [9.17, 15) is 5.11 Å². The largest absolute Gasteiger partial charge is 0.387 e. The van der Waals surface area contributed by atoms with Crippen molar-refractivity contribution in [1.82, 2.24) is 15.0 Å². The van der Waals surface area contributed by atoms with Crippen molar-refractivity contribution in [3.63, 3.8) is 0 Å². The molecule has 0 radical (unpaired) electrons. The molecule has 5 heteroatoms. The number of rotatable bonds is 4. The summed E-state index contributed by atoms with van der Waals surface area (Å²) in [7, 11) is 0. The van der Waals surface area contributed by atoms with E-state index in [1.54, 1.807) is 18.6 Å². The zero-order valence-electron chi connectivity index (χ0n) is 8.92. The van der Waals surface area contributed by atoms with Crippen LogP contribution in [0.4, 0.5) is 0 Å². The summed E-state index contributed by atoms with van der Waals surface area (Å²) >= 11 is 1.51. The third-order valence-electron chi connectivity index (χ3n) is 2.17. The lowest BCUT2D eigenvalue weighted by Gasteiger charge is -2.06. The van der Waals surface area contributed by atoms with Crippen LogP contribution in [0.3, 0.4) is 0 Å². The summed E-state index contributed by atoms with van der Waals surface area (Å²) in [5.41, 5.74) is 0.714. The number of imidazole rings is 1. The number of hydrogen-bond acceptors (Lipinski definition) is 4. The second-order valence-electron chi connectivity index (χ2n) is 3.34. The van der Waals surface area contributed by atoms with Gasteiger partial charge in [0.25, 0.3) is 0 Å². The van der Waals surface area contributed by atoms with E-state index in [2.05, 4.69) is 15.0 Å². The number of H-pyrrole nitrogens is 1. The van der Waals surface area contributed by atoms with Gasteiger partial charge in [0.2, 0.25) is 0 Å². The van der Waals surface area contributed by atoms with Crippen LogP contribution in [0.15, 0.2) is 40.8 Å². The van der Waals surface area contributed by atoms with E-state index in [0.29, 0.717) is 12.1 Å². The molecule has 2 aromatic heterocycles. The van der Waals surface area contributed by atoms with E-state index >= 15 is 0 Å². The minimum absolute atomic E-state index is 0.470. The Labute approximate surface area is 98.1 Å². The molecule has 0 aliphatic rings. The second kappa shape index (κ2) is 5.14. The Bertz CT molecular complexity index is 427. The van der Waals surface area contributed by atoms with Gasteiger partial charge in [0, 0.05) is 23.5 Å². The molecule has 84 valence electrons. The molecule has 2 rings (SSSR count). The monoisotopic (exact) mass is 235 g/mol. The maximum absolute atomic E-state index is 9.59. The second-order valence-corrected chi connectivity index (χ2v) is 4.40. The smallest absolute Gasteiger partial charge is 0.170 e. The molecule has 16 heavy (non-hydrogen) atoms. The zero-order chi connectivity index (χ0) is 11.4. The summed E-state index contributed by atoms with van der Waals surface area (Å²) in [6, 6.07) is 3.79. The lowest BCUT2D eigenvalue weighted by Crippen LogP contribution is -1.97. The highest BCUT2D eigenvalue weighted by atomic mass is 32.2. The van der Waals surface area contributed by atoms with Gasteiger partial charge in [0.05, 0.1) is 11.8 Å². The number of aromatic amines is 1. The molecule has 2 heterocycles. The van der Waals surface area contributed by atoms with Crippen LogP contribution in [-0.2, 0) is 0 Å². The van der Waals surface area contributed by atoms with Crippen molar-refractivity contribution >= 4 is 11.8 Å². The number of aliphatic hydroxyl groups is 1. The van der Waals surface area contributed by atoms with E-state index in [-0.39, 0.29) is 0 Å². The molecular weight excluding hydrogens is 222 g/mol. The van der Waals surface area contributed by atoms with Crippen molar-refractivity contribution < 1.29 is 5.11 Å². The Morgan fingerprint density at radius 3 is 2.88 bits per heavy atom. The molecule has 0 amide bonds. The minimum Gasteiger partial charge on any atom is -0.387 e. The number of pyridine rings is 1. The molecule has 0 aliphatic carbocycles. The Kier molecular flexibility index (Phi) is 3.58. The first kappa shape index (κ1) is 11.2. The topological polar surface area (TPSA) is 61.8 Å². The van der Waals surface area contributed by atoms with E-state index in [1.165, 1.54) is 11.8 Å². The van der Waals surface area contributed by atoms with Crippen LogP contribution in [0.5, 0.6) is 0 Å². The third kappa shape index (κ3) is 2.62. The average molecular weight is 235 g/mol. The van der Waals surface area contributed by atoms with E-state index in [0.717, 1.165) is 10.1 Å². The van der Waals surface area contributed by atoms with Crippen molar-refractivity contribution in [3.05, 3.63) is 36.4 Å². The van der Waals surface area contributed by atoms with Crippen molar-refractivity contribution in [2.24, 2.45) is 0 Å². The fraction of sp³-hybridized carbons (Fsp3) is 0.273. The van der Waals surface area contributed by atoms with Gasteiger partial charge in [-0.05, 0) is 18.6 Å². The molecule has 0 aliphatic heterocycles. The molecule has 0 spiro atoms. The first-order chi connectivity index (χ1) is 7.79. The predicted octanol–water partition coefficient (Wildman–Crippen LogP) is 2.40. The summed E-state index contributed by atoms with van der Waals surface area (Å²) in [5.74, 6) is 0. The van der Waals surface area contributed by atoms with Crippen LogP contribution in [0, 0.1) is 0 Å². The van der Waals surface area contributed by atoms with E-state index in [4.69, 9.17) is 0 Å². The van der Waals surface area contributed by atoms with Crippen LogP contribution >= 0.6 is 11.8 Å². The summed E-state index contributed by atoms with van der Waals surface area (Å²) in [4.78, 5) is 12.3. The molecule has 0 bridgehead atoms. The van der Waals surface area contributed by atoms with Gasteiger partial charge in [0.1, 0.15) is 0 Å². The summed E-state index contributed by atoms with van der Waals surface area (Å²) in [5, 5.41) is 10.4. The highest BCUT2D eigenvalue weighted by molar-refractivity contribution is 7.99. The van der Waals surface area contributed by atoms with Gasteiger partial charge in [-0.15, -0.1) is 0 Å². The van der Waals surface area contributed by atoms with Gasteiger partial charge >= 0.3 is 0 Å².